The number of ether oxygens (including phenoxy) is 1. The summed E-state index contributed by atoms with van der Waals surface area (Å²) in [4.78, 5) is 12.2. The lowest BCUT2D eigenvalue weighted by atomic mass is 10.1. The molecule has 0 bridgehead atoms. The van der Waals surface area contributed by atoms with Gasteiger partial charge in [0, 0.05) is 0 Å². The third-order valence-electron chi connectivity index (χ3n) is 4.28. The normalized spacial score (nSPS) is 12.6. The van der Waals surface area contributed by atoms with E-state index in [0.29, 0.717) is 5.75 Å². The van der Waals surface area contributed by atoms with Crippen LogP contribution in [0.2, 0.25) is 0 Å². The van der Waals surface area contributed by atoms with Crippen molar-refractivity contribution < 1.29 is 9.53 Å². The van der Waals surface area contributed by atoms with Crippen LogP contribution < -0.4 is 10.2 Å². The Balaban J connectivity index is 1.52. The summed E-state index contributed by atoms with van der Waals surface area (Å²) in [5.74, 6) is 0.331. The largest absolute Gasteiger partial charge is 0.481 e. The fourth-order valence-electron chi connectivity index (χ4n) is 2.75. The van der Waals surface area contributed by atoms with Crippen LogP contribution in [0.3, 0.4) is 0 Å². The maximum atomic E-state index is 12.2. The Hall–Kier alpha value is -3.66. The van der Waals surface area contributed by atoms with Gasteiger partial charge in [-0.3, -0.25) is 4.79 Å². The van der Waals surface area contributed by atoms with Crippen LogP contribution in [0.1, 0.15) is 19.4 Å². The number of amides is 1. The van der Waals surface area contributed by atoms with Crippen LogP contribution in [0.15, 0.2) is 95.6 Å². The van der Waals surface area contributed by atoms with Crippen molar-refractivity contribution in [3.05, 3.63) is 96.1 Å². The second-order valence-electron chi connectivity index (χ2n) is 6.68. The van der Waals surface area contributed by atoms with Crippen molar-refractivity contribution in [3.8, 4) is 16.9 Å². The molecule has 0 spiro atoms. The fourth-order valence-corrected chi connectivity index (χ4v) is 2.75. The Bertz CT molecular complexity index is 978. The molecule has 3 aromatic rings. The Morgan fingerprint density at radius 1 is 0.897 bits per heavy atom. The molecule has 0 aliphatic heterocycles. The summed E-state index contributed by atoms with van der Waals surface area (Å²) in [6.07, 6.45) is 2.95. The van der Waals surface area contributed by atoms with Crippen LogP contribution in [-0.2, 0) is 4.79 Å². The van der Waals surface area contributed by atoms with Gasteiger partial charge in [0.2, 0.25) is 0 Å². The minimum absolute atomic E-state index is 0.305. The molecule has 0 saturated carbocycles. The zero-order chi connectivity index (χ0) is 20.5. The minimum atomic E-state index is -0.659. The average Bonchev–Trinajstić information content (AvgIpc) is 2.75. The molecule has 0 radical (unpaired) electrons. The fraction of sp³-hybridized carbons (Fsp3) is 0.120. The Labute approximate surface area is 171 Å². The number of hydrogen-bond donors (Lipinski definition) is 1. The third kappa shape index (κ3) is 6.18. The zero-order valence-electron chi connectivity index (χ0n) is 16.6. The van der Waals surface area contributed by atoms with Gasteiger partial charge in [-0.15, -0.1) is 0 Å². The van der Waals surface area contributed by atoms with Crippen LogP contribution in [0.4, 0.5) is 0 Å². The highest BCUT2D eigenvalue weighted by atomic mass is 16.5. The molecule has 0 aliphatic carbocycles. The summed E-state index contributed by atoms with van der Waals surface area (Å²) in [5.41, 5.74) is 6.77. The monoisotopic (exact) mass is 384 g/mol. The number of hydrazone groups is 1. The molecule has 0 aliphatic rings. The van der Waals surface area contributed by atoms with Gasteiger partial charge < -0.3 is 4.74 Å². The first kappa shape index (κ1) is 20.1. The molecule has 0 fully saturated rings. The number of carbonyl (C=O) groups excluding carboxylic acids is 1. The number of nitrogens with one attached hydrogen (secondary N) is 1. The van der Waals surface area contributed by atoms with Crippen molar-refractivity contribution in [2.75, 3.05) is 0 Å². The number of nitrogens with zero attached hydrogens (tertiary/aromatic N) is 1. The van der Waals surface area contributed by atoms with Crippen molar-refractivity contribution in [3.63, 3.8) is 0 Å². The zero-order valence-corrected chi connectivity index (χ0v) is 16.6. The molecular formula is C25H24N2O2. The number of benzene rings is 3. The van der Waals surface area contributed by atoms with Gasteiger partial charge in [-0.1, -0.05) is 78.9 Å². The summed E-state index contributed by atoms with van der Waals surface area (Å²) in [6, 6.07) is 27.7. The second-order valence-corrected chi connectivity index (χ2v) is 6.68. The lowest BCUT2D eigenvalue weighted by Gasteiger charge is -2.13. The van der Waals surface area contributed by atoms with Gasteiger partial charge in [0.25, 0.3) is 5.91 Å². The maximum absolute atomic E-state index is 12.2. The summed E-state index contributed by atoms with van der Waals surface area (Å²) >= 11 is 0. The summed E-state index contributed by atoms with van der Waals surface area (Å²) in [6.45, 7) is 3.62. The number of allylic oxidation sites excluding steroid dienone is 1. The maximum Gasteiger partial charge on any atom is 0.280 e. The second kappa shape index (κ2) is 10.0. The predicted octanol–water partition coefficient (Wildman–Crippen LogP) is 5.33. The first-order valence-corrected chi connectivity index (χ1v) is 9.50. The van der Waals surface area contributed by atoms with Crippen molar-refractivity contribution in [2.45, 2.75) is 20.0 Å². The van der Waals surface area contributed by atoms with E-state index in [1.807, 2.05) is 85.8 Å². The van der Waals surface area contributed by atoms with Gasteiger partial charge in [-0.25, -0.2) is 5.43 Å². The van der Waals surface area contributed by atoms with E-state index in [-0.39, 0.29) is 5.91 Å². The Morgan fingerprint density at radius 3 is 2.14 bits per heavy atom. The third-order valence-corrected chi connectivity index (χ3v) is 4.28. The molecule has 29 heavy (non-hydrogen) atoms. The van der Waals surface area contributed by atoms with E-state index in [2.05, 4.69) is 22.7 Å². The predicted molar refractivity (Wildman–Crippen MR) is 119 cm³/mol. The molecule has 3 aromatic carbocycles. The molecule has 0 aromatic heterocycles. The molecular weight excluding hydrogens is 360 g/mol. The highest BCUT2D eigenvalue weighted by Crippen LogP contribution is 2.22. The molecule has 3 rings (SSSR count). The van der Waals surface area contributed by atoms with Gasteiger partial charge in [-0.2, -0.15) is 5.10 Å². The van der Waals surface area contributed by atoms with Gasteiger partial charge in [0.15, 0.2) is 6.10 Å². The SMILES string of the molecule is CC(/C=N\NC(=O)[C@H](C)Oc1ccc(-c2ccccc2)cc1)=C/c1ccccc1. The molecule has 4 nitrogen and oxygen atoms in total. The number of rotatable bonds is 7. The molecule has 4 heteroatoms. The van der Waals surface area contributed by atoms with Gasteiger partial charge in [0.05, 0.1) is 6.21 Å². The van der Waals surface area contributed by atoms with Crippen molar-refractivity contribution in [2.24, 2.45) is 5.10 Å². The van der Waals surface area contributed by atoms with Gasteiger partial charge >= 0.3 is 0 Å². The molecule has 1 N–H and O–H groups in total. The van der Waals surface area contributed by atoms with Gasteiger partial charge in [0.1, 0.15) is 5.75 Å². The van der Waals surface area contributed by atoms with E-state index in [0.717, 1.165) is 22.3 Å². The quantitative estimate of drug-likeness (QED) is 0.442. The molecule has 1 amide bonds. The minimum Gasteiger partial charge on any atom is -0.481 e. The number of carbonyl (C=O) groups is 1. The van der Waals surface area contributed by atoms with Crippen LogP contribution in [0.25, 0.3) is 17.2 Å². The highest BCUT2D eigenvalue weighted by Gasteiger charge is 2.13. The summed E-state index contributed by atoms with van der Waals surface area (Å²) in [5, 5.41) is 4.01. The van der Waals surface area contributed by atoms with Gasteiger partial charge in [-0.05, 0) is 48.2 Å². The Kier molecular flexibility index (Phi) is 6.95. The smallest absolute Gasteiger partial charge is 0.280 e. The standard InChI is InChI=1S/C25H24N2O2/c1-19(17-21-9-5-3-6-10-21)18-26-27-25(28)20(2)29-24-15-13-23(14-16-24)22-11-7-4-8-12-22/h3-18,20H,1-2H3,(H,27,28)/b19-17-,26-18-/t20-/m0/s1. The van der Waals surface area contributed by atoms with E-state index in [1.54, 1.807) is 13.1 Å². The topological polar surface area (TPSA) is 50.7 Å². The van der Waals surface area contributed by atoms with Crippen molar-refractivity contribution in [1.82, 2.24) is 5.43 Å². The summed E-state index contributed by atoms with van der Waals surface area (Å²) in [7, 11) is 0. The van der Waals surface area contributed by atoms with E-state index >= 15 is 0 Å². The lowest BCUT2D eigenvalue weighted by molar-refractivity contribution is -0.127. The molecule has 1 atom stereocenters. The van der Waals surface area contributed by atoms with Crippen molar-refractivity contribution >= 4 is 18.2 Å². The summed E-state index contributed by atoms with van der Waals surface area (Å²) < 4.78 is 5.72. The number of hydrogen-bond acceptors (Lipinski definition) is 3. The lowest BCUT2D eigenvalue weighted by Crippen LogP contribution is -2.33. The van der Waals surface area contributed by atoms with E-state index < -0.39 is 6.10 Å². The van der Waals surface area contributed by atoms with Crippen LogP contribution >= 0.6 is 0 Å². The average molecular weight is 384 g/mol. The van der Waals surface area contributed by atoms with Crippen molar-refractivity contribution in [1.29, 1.82) is 0 Å². The molecule has 0 unspecified atom stereocenters. The van der Waals surface area contributed by atoms with E-state index in [1.165, 1.54) is 0 Å². The molecule has 146 valence electrons. The van der Waals surface area contributed by atoms with E-state index in [9.17, 15) is 4.79 Å². The first-order valence-electron chi connectivity index (χ1n) is 9.50. The highest BCUT2D eigenvalue weighted by molar-refractivity contribution is 5.87. The van der Waals surface area contributed by atoms with Crippen LogP contribution in [0.5, 0.6) is 5.75 Å². The first-order chi connectivity index (χ1) is 14.1. The van der Waals surface area contributed by atoms with Crippen LogP contribution in [-0.4, -0.2) is 18.2 Å². The van der Waals surface area contributed by atoms with E-state index in [4.69, 9.17) is 4.74 Å². The van der Waals surface area contributed by atoms with Crippen LogP contribution in [0, 0.1) is 0 Å². The molecule has 0 heterocycles. The molecule has 0 saturated heterocycles. The Morgan fingerprint density at radius 2 is 1.48 bits per heavy atom.